The van der Waals surface area contributed by atoms with Crippen molar-refractivity contribution in [2.75, 3.05) is 43.2 Å². The van der Waals surface area contributed by atoms with E-state index in [2.05, 4.69) is 53.1 Å². The van der Waals surface area contributed by atoms with Gasteiger partial charge in [0.2, 0.25) is 18.2 Å². The molecule has 1 fully saturated rings. The molecule has 3 heterocycles. The van der Waals surface area contributed by atoms with E-state index in [4.69, 9.17) is 4.74 Å². The van der Waals surface area contributed by atoms with Crippen molar-refractivity contribution in [3.8, 4) is 11.5 Å². The molecule has 13 heteroatoms. The Bertz CT molecular complexity index is 2040. The van der Waals surface area contributed by atoms with Gasteiger partial charge in [0.15, 0.2) is 17.8 Å². The molecule has 0 spiro atoms. The predicted octanol–water partition coefficient (Wildman–Crippen LogP) is 8.19. The predicted molar refractivity (Wildman–Crippen MR) is 237 cm³/mol. The van der Waals surface area contributed by atoms with Crippen molar-refractivity contribution in [3.05, 3.63) is 102 Å². The number of anilines is 3. The Labute approximate surface area is 348 Å². The van der Waals surface area contributed by atoms with Gasteiger partial charge < -0.3 is 40.2 Å². The van der Waals surface area contributed by atoms with Crippen molar-refractivity contribution in [1.29, 1.82) is 0 Å². The maximum atomic E-state index is 12.5. The van der Waals surface area contributed by atoms with Crippen molar-refractivity contribution in [1.82, 2.24) is 14.4 Å². The van der Waals surface area contributed by atoms with Crippen LogP contribution in [0.15, 0.2) is 90.2 Å². The Morgan fingerprint density at radius 3 is 2.34 bits per heavy atom. The topological polar surface area (TPSA) is 158 Å². The number of para-hydroxylation sites is 1. The monoisotopic (exact) mass is 805 g/mol. The molecule has 6 rings (SSSR count). The van der Waals surface area contributed by atoms with E-state index in [0.717, 1.165) is 61.0 Å². The smallest absolute Gasteiger partial charge is 0.247 e. The molecule has 0 aliphatic carbocycles. The van der Waals surface area contributed by atoms with Gasteiger partial charge in [0.05, 0.1) is 29.7 Å². The highest BCUT2D eigenvalue weighted by Gasteiger charge is 2.29. The Hall–Kier alpha value is -6.37. The summed E-state index contributed by atoms with van der Waals surface area (Å²) >= 11 is 0. The number of aromatic hydroxyl groups is 1. The highest BCUT2D eigenvalue weighted by molar-refractivity contribution is 5.97. The van der Waals surface area contributed by atoms with E-state index in [-0.39, 0.29) is 42.7 Å². The molecule has 2 aliphatic rings. The van der Waals surface area contributed by atoms with Crippen LogP contribution < -0.4 is 20.7 Å². The van der Waals surface area contributed by atoms with Crippen LogP contribution in [-0.4, -0.2) is 89.5 Å². The minimum Gasteiger partial charge on any atom is -0.504 e. The summed E-state index contributed by atoms with van der Waals surface area (Å²) in [4.78, 5) is 55.0. The summed E-state index contributed by atoms with van der Waals surface area (Å²) in [6.07, 6.45) is 12.7. The first-order chi connectivity index (χ1) is 28.5. The molecular weight excluding hydrogens is 747 g/mol. The number of piperidine rings is 1. The zero-order valence-electron chi connectivity index (χ0n) is 35.1. The first-order valence-electron chi connectivity index (χ1n) is 20.2. The molecule has 0 radical (unpaired) electrons. The van der Waals surface area contributed by atoms with Crippen LogP contribution in [0.25, 0.3) is 5.57 Å². The summed E-state index contributed by atoms with van der Waals surface area (Å²) < 4.78 is 7.32. The lowest BCUT2D eigenvalue weighted by Gasteiger charge is -2.29. The van der Waals surface area contributed by atoms with E-state index in [9.17, 15) is 24.3 Å². The van der Waals surface area contributed by atoms with Gasteiger partial charge in [-0.3, -0.25) is 24.2 Å². The number of phenolic OH excluding ortho intramolecular Hbond substituents is 1. The van der Waals surface area contributed by atoms with E-state index in [1.165, 1.54) is 12.0 Å². The van der Waals surface area contributed by atoms with Gasteiger partial charge >= 0.3 is 0 Å². The zero-order chi connectivity index (χ0) is 42.7. The fraction of sp³-hybridized carbons (Fsp3) is 0.370. The van der Waals surface area contributed by atoms with Crippen LogP contribution in [0.4, 0.5) is 22.7 Å². The molecule has 3 aromatic carbocycles. The number of aromatic nitrogens is 1. The molecule has 0 saturated carbocycles. The van der Waals surface area contributed by atoms with E-state index in [1.54, 1.807) is 47.1 Å². The number of aldehydes is 1. The minimum absolute atomic E-state index is 0.00811. The van der Waals surface area contributed by atoms with Gasteiger partial charge in [0.25, 0.3) is 0 Å². The number of likely N-dealkylation sites (tertiary alicyclic amines) is 1. The number of aliphatic imine (C=N–C) groups is 1. The molecule has 0 bridgehead atoms. The third-order valence-electron chi connectivity index (χ3n) is 9.80. The van der Waals surface area contributed by atoms with Gasteiger partial charge in [-0.15, -0.1) is 0 Å². The van der Waals surface area contributed by atoms with Gasteiger partial charge in [0.1, 0.15) is 6.04 Å². The highest BCUT2D eigenvalue weighted by atomic mass is 16.5. The molecule has 2 atom stereocenters. The number of amides is 3. The maximum absolute atomic E-state index is 12.5. The first kappa shape index (κ1) is 45.3. The summed E-state index contributed by atoms with van der Waals surface area (Å²) in [6, 6.07) is 22.5. The Balaban J connectivity index is 0.000000257. The molecule has 1 aromatic heterocycles. The molecule has 4 N–H and O–H groups in total. The number of aryl methyl sites for hydroxylation is 2. The SMILES string of the molecule is CCC.CNc1ccc(C2=CN(C)C(C(=O)Nc3ccccc3)C2)cc1.Cc1cc(O)c(OCCCC(=O)Nc2cc(C=O)n(C)c2)cc1N=CC1CCCCN1C=O. The van der Waals surface area contributed by atoms with Crippen molar-refractivity contribution in [2.45, 2.75) is 77.8 Å². The summed E-state index contributed by atoms with van der Waals surface area (Å²) in [5.74, 6) is 0.139. The molecule has 1 saturated heterocycles. The van der Waals surface area contributed by atoms with Crippen molar-refractivity contribution in [3.63, 3.8) is 0 Å². The number of carbonyl (C=O) groups excluding carboxylic acids is 4. The molecule has 4 aromatic rings. The van der Waals surface area contributed by atoms with Crippen LogP contribution in [0.2, 0.25) is 0 Å². The maximum Gasteiger partial charge on any atom is 0.247 e. The molecule has 314 valence electrons. The standard InChI is InChI=1S/C24H30N4O5.C19H21N3O.C3H8/c1-17-10-22(31)23(12-21(17)25-13-19-6-3-4-8-28(19)16-30)33-9-5-7-24(32)26-18-11-20(15-29)27(2)14-18;1-20-16-10-8-14(9-11-16)15-12-18(22(2)13-15)19(23)21-17-6-4-3-5-7-17;1-3-2/h10-16,19,31H,3-9H2,1-2H3,(H,26,32);3-11,13,18,20H,12H2,1-2H3,(H,21,23);3H2,1-2H3. The van der Waals surface area contributed by atoms with E-state index >= 15 is 0 Å². The van der Waals surface area contributed by atoms with Gasteiger partial charge in [-0.1, -0.05) is 50.6 Å². The summed E-state index contributed by atoms with van der Waals surface area (Å²) in [6.45, 7) is 7.07. The third kappa shape index (κ3) is 13.6. The minimum atomic E-state index is -0.188. The van der Waals surface area contributed by atoms with E-state index < -0.39 is 0 Å². The van der Waals surface area contributed by atoms with Crippen LogP contribution in [0, 0.1) is 6.92 Å². The van der Waals surface area contributed by atoms with Gasteiger partial charge in [-0.2, -0.15) is 0 Å². The molecule has 13 nitrogen and oxygen atoms in total. The molecule has 2 aliphatic heterocycles. The van der Waals surface area contributed by atoms with Gasteiger partial charge in [-0.25, -0.2) is 0 Å². The summed E-state index contributed by atoms with van der Waals surface area (Å²) in [5.41, 5.74) is 6.75. The number of phenols is 1. The number of benzene rings is 3. The molecular formula is C46H59N7O6. The second kappa shape index (κ2) is 23.1. The van der Waals surface area contributed by atoms with Crippen LogP contribution >= 0.6 is 0 Å². The number of ether oxygens (including phenoxy) is 1. The fourth-order valence-electron chi connectivity index (χ4n) is 6.57. The lowest BCUT2D eigenvalue weighted by Crippen LogP contribution is -2.39. The number of rotatable bonds is 14. The Morgan fingerprint density at radius 2 is 1.68 bits per heavy atom. The van der Waals surface area contributed by atoms with E-state index in [0.29, 0.717) is 35.7 Å². The van der Waals surface area contributed by atoms with E-state index in [1.807, 2.05) is 68.4 Å². The average Bonchev–Trinajstić information content (AvgIpc) is 3.81. The van der Waals surface area contributed by atoms with Crippen LogP contribution in [0.1, 0.15) is 80.4 Å². The molecule has 3 amide bonds. The van der Waals surface area contributed by atoms with Crippen LogP contribution in [0.3, 0.4) is 0 Å². The summed E-state index contributed by atoms with van der Waals surface area (Å²) in [7, 11) is 5.58. The normalized spacial score (nSPS) is 15.9. The lowest BCUT2D eigenvalue weighted by molar-refractivity contribution is -0.120. The number of hydrogen-bond acceptors (Lipinski definition) is 9. The van der Waals surface area contributed by atoms with Crippen molar-refractivity contribution >= 4 is 59.0 Å². The lowest BCUT2D eigenvalue weighted by atomic mass is 10.0. The number of likely N-dealkylation sites (N-methyl/N-ethyl adjacent to an activating group) is 1. The first-order valence-corrected chi connectivity index (χ1v) is 20.2. The second-order valence-corrected chi connectivity index (χ2v) is 14.6. The van der Waals surface area contributed by atoms with Gasteiger partial charge in [-0.05, 0) is 85.7 Å². The Kier molecular flexibility index (Phi) is 17.8. The van der Waals surface area contributed by atoms with Crippen LogP contribution in [0.5, 0.6) is 11.5 Å². The number of nitrogens with zero attached hydrogens (tertiary/aromatic N) is 4. The number of carbonyl (C=O) groups is 4. The summed E-state index contributed by atoms with van der Waals surface area (Å²) in [5, 5.41) is 19.1. The van der Waals surface area contributed by atoms with Gasteiger partial charge in [0, 0.05) is 76.6 Å². The third-order valence-corrected chi connectivity index (χ3v) is 9.80. The highest BCUT2D eigenvalue weighted by Crippen LogP contribution is 2.34. The fourth-order valence-corrected chi connectivity index (χ4v) is 6.57. The Morgan fingerprint density at radius 1 is 0.949 bits per heavy atom. The molecule has 2 unspecified atom stereocenters. The molecule has 59 heavy (non-hydrogen) atoms. The number of hydrogen-bond donors (Lipinski definition) is 4. The second-order valence-electron chi connectivity index (χ2n) is 14.6. The quantitative estimate of drug-likeness (QED) is 0.0565. The largest absolute Gasteiger partial charge is 0.504 e. The van der Waals surface area contributed by atoms with Crippen LogP contribution in [-0.2, 0) is 21.4 Å². The van der Waals surface area contributed by atoms with Crippen molar-refractivity contribution in [2.24, 2.45) is 12.0 Å². The zero-order valence-corrected chi connectivity index (χ0v) is 35.1. The van der Waals surface area contributed by atoms with Crippen molar-refractivity contribution < 1.29 is 29.0 Å². The average molecular weight is 806 g/mol. The number of nitrogens with one attached hydrogen (secondary N) is 3.